The van der Waals surface area contributed by atoms with E-state index >= 15 is 0 Å². The van der Waals surface area contributed by atoms with Gasteiger partial charge in [-0.25, -0.2) is 4.98 Å². The third-order valence-electron chi connectivity index (χ3n) is 4.10. The van der Waals surface area contributed by atoms with Gasteiger partial charge in [-0.05, 0) is 25.5 Å². The van der Waals surface area contributed by atoms with Gasteiger partial charge in [-0.3, -0.25) is 14.2 Å². The van der Waals surface area contributed by atoms with E-state index in [2.05, 4.69) is 10.3 Å². The minimum atomic E-state index is -0.214. The number of rotatable bonds is 5. The number of thiophene rings is 1. The van der Waals surface area contributed by atoms with E-state index in [0.29, 0.717) is 33.7 Å². The molecule has 0 atom stereocenters. The fourth-order valence-electron chi connectivity index (χ4n) is 2.71. The largest absolute Gasteiger partial charge is 0.496 e. The second-order valence-electron chi connectivity index (χ2n) is 5.57. The molecule has 130 valence electrons. The molecule has 3 aromatic rings. The predicted molar refractivity (Wildman–Crippen MR) is 98.5 cm³/mol. The molecular formula is C18H19N3O3S. The van der Waals surface area contributed by atoms with E-state index in [-0.39, 0.29) is 11.5 Å². The fourth-order valence-corrected chi connectivity index (χ4v) is 3.76. The Balaban J connectivity index is 1.89. The zero-order chi connectivity index (χ0) is 18.0. The molecule has 2 heterocycles. The van der Waals surface area contributed by atoms with Crippen LogP contribution in [0.5, 0.6) is 5.75 Å². The van der Waals surface area contributed by atoms with Gasteiger partial charge in [0.2, 0.25) is 0 Å². The molecule has 0 unspecified atom stereocenters. The Morgan fingerprint density at radius 1 is 1.36 bits per heavy atom. The first-order valence-corrected chi connectivity index (χ1v) is 8.77. The molecule has 1 amide bonds. The Labute approximate surface area is 149 Å². The van der Waals surface area contributed by atoms with Crippen LogP contribution in [0.4, 0.5) is 0 Å². The number of carbonyl (C=O) groups is 1. The van der Waals surface area contributed by atoms with Crippen molar-refractivity contribution in [3.63, 3.8) is 0 Å². The molecule has 0 aliphatic heterocycles. The molecule has 0 saturated carbocycles. The summed E-state index contributed by atoms with van der Waals surface area (Å²) in [6.45, 7) is 4.58. The molecule has 2 aromatic heterocycles. The summed E-state index contributed by atoms with van der Waals surface area (Å²) in [5.41, 5.74) is 1.46. The van der Waals surface area contributed by atoms with Crippen LogP contribution in [0.3, 0.4) is 0 Å². The summed E-state index contributed by atoms with van der Waals surface area (Å²) in [6, 6.07) is 7.53. The number of aryl methyl sites for hydroxylation is 2. The Morgan fingerprint density at radius 2 is 2.12 bits per heavy atom. The van der Waals surface area contributed by atoms with E-state index in [1.54, 1.807) is 18.6 Å². The second kappa shape index (κ2) is 7.06. The molecule has 0 radical (unpaired) electrons. The Morgan fingerprint density at radius 3 is 2.84 bits per heavy atom. The van der Waals surface area contributed by atoms with Gasteiger partial charge in [0.25, 0.3) is 11.5 Å². The maximum Gasteiger partial charge on any atom is 0.262 e. The van der Waals surface area contributed by atoms with E-state index in [1.165, 1.54) is 17.7 Å². The van der Waals surface area contributed by atoms with E-state index < -0.39 is 0 Å². The summed E-state index contributed by atoms with van der Waals surface area (Å²) < 4.78 is 6.83. The first kappa shape index (κ1) is 17.2. The molecule has 0 spiro atoms. The standard InChI is InChI=1S/C18H19N3O3S/c1-4-21-10-20-17-14(18(21)23)11(2)15(25-17)16(22)19-9-12-7-5-6-8-13(12)24-3/h5-8,10H,4,9H2,1-3H3,(H,19,22). The number of methoxy groups -OCH3 is 1. The van der Waals surface area contributed by atoms with Crippen molar-refractivity contribution in [1.82, 2.24) is 14.9 Å². The van der Waals surface area contributed by atoms with Crippen LogP contribution in [-0.4, -0.2) is 22.6 Å². The lowest BCUT2D eigenvalue weighted by Crippen LogP contribution is -2.23. The number of carbonyl (C=O) groups excluding carboxylic acids is 1. The van der Waals surface area contributed by atoms with Crippen LogP contribution in [0.15, 0.2) is 35.4 Å². The van der Waals surface area contributed by atoms with Gasteiger partial charge in [-0.2, -0.15) is 0 Å². The summed E-state index contributed by atoms with van der Waals surface area (Å²) in [7, 11) is 1.60. The van der Waals surface area contributed by atoms with Crippen LogP contribution in [0.2, 0.25) is 0 Å². The number of hydrogen-bond donors (Lipinski definition) is 1. The number of amides is 1. The van der Waals surface area contributed by atoms with Gasteiger partial charge in [0.1, 0.15) is 10.6 Å². The third-order valence-corrected chi connectivity index (χ3v) is 5.29. The average molecular weight is 357 g/mol. The molecule has 3 rings (SSSR count). The van der Waals surface area contributed by atoms with Crippen LogP contribution < -0.4 is 15.6 Å². The van der Waals surface area contributed by atoms with Crippen molar-refractivity contribution >= 4 is 27.5 Å². The van der Waals surface area contributed by atoms with E-state index in [4.69, 9.17) is 4.74 Å². The van der Waals surface area contributed by atoms with Crippen LogP contribution in [0, 0.1) is 6.92 Å². The van der Waals surface area contributed by atoms with Crippen molar-refractivity contribution in [3.8, 4) is 5.75 Å². The normalized spacial score (nSPS) is 10.8. The van der Waals surface area contributed by atoms with E-state index in [1.807, 2.05) is 31.2 Å². The number of ether oxygens (including phenoxy) is 1. The summed E-state index contributed by atoms with van der Waals surface area (Å²) in [5, 5.41) is 3.42. The molecule has 0 saturated heterocycles. The first-order chi connectivity index (χ1) is 12.1. The van der Waals surface area contributed by atoms with Gasteiger partial charge in [-0.15, -0.1) is 11.3 Å². The summed E-state index contributed by atoms with van der Waals surface area (Å²) in [5.74, 6) is 0.511. The molecule has 25 heavy (non-hydrogen) atoms. The van der Waals surface area contributed by atoms with Crippen molar-refractivity contribution in [3.05, 3.63) is 57.0 Å². The first-order valence-electron chi connectivity index (χ1n) is 7.95. The molecule has 1 aromatic carbocycles. The van der Waals surface area contributed by atoms with Crippen LogP contribution in [0.25, 0.3) is 10.2 Å². The topological polar surface area (TPSA) is 73.2 Å². The number of nitrogens with one attached hydrogen (secondary N) is 1. The van der Waals surface area contributed by atoms with Gasteiger partial charge in [0, 0.05) is 18.7 Å². The third kappa shape index (κ3) is 3.15. The maximum atomic E-state index is 12.6. The Hall–Kier alpha value is -2.67. The maximum absolute atomic E-state index is 12.6. The van der Waals surface area contributed by atoms with Gasteiger partial charge in [0.15, 0.2) is 0 Å². The summed E-state index contributed by atoms with van der Waals surface area (Å²) >= 11 is 1.24. The van der Waals surface area contributed by atoms with Crippen molar-refractivity contribution in [1.29, 1.82) is 0 Å². The lowest BCUT2D eigenvalue weighted by atomic mass is 10.2. The molecule has 0 aliphatic carbocycles. The van der Waals surface area contributed by atoms with Crippen LogP contribution in [0.1, 0.15) is 27.7 Å². The quantitative estimate of drug-likeness (QED) is 0.762. The Bertz CT molecular complexity index is 991. The number of hydrogen-bond acceptors (Lipinski definition) is 5. The smallest absolute Gasteiger partial charge is 0.262 e. The molecule has 6 nitrogen and oxygen atoms in total. The monoisotopic (exact) mass is 357 g/mol. The molecule has 1 N–H and O–H groups in total. The highest BCUT2D eigenvalue weighted by molar-refractivity contribution is 7.20. The van der Waals surface area contributed by atoms with Crippen molar-refractivity contribution in [2.45, 2.75) is 26.9 Å². The van der Waals surface area contributed by atoms with E-state index in [9.17, 15) is 9.59 Å². The molecule has 0 aliphatic rings. The average Bonchev–Trinajstić information content (AvgIpc) is 2.97. The second-order valence-corrected chi connectivity index (χ2v) is 6.57. The molecular weight excluding hydrogens is 338 g/mol. The highest BCUT2D eigenvalue weighted by atomic mass is 32.1. The van der Waals surface area contributed by atoms with Gasteiger partial charge in [0.05, 0.1) is 23.7 Å². The number of nitrogens with zero attached hydrogens (tertiary/aromatic N) is 2. The minimum Gasteiger partial charge on any atom is -0.496 e. The SMILES string of the molecule is CCn1cnc2sc(C(=O)NCc3ccccc3OC)c(C)c2c1=O. The van der Waals surface area contributed by atoms with Gasteiger partial charge in [-0.1, -0.05) is 18.2 Å². The summed E-state index contributed by atoms with van der Waals surface area (Å²) in [4.78, 5) is 30.5. The van der Waals surface area contributed by atoms with Crippen LogP contribution >= 0.6 is 11.3 Å². The van der Waals surface area contributed by atoms with Crippen molar-refractivity contribution < 1.29 is 9.53 Å². The number of para-hydroxylation sites is 1. The van der Waals surface area contributed by atoms with Gasteiger partial charge >= 0.3 is 0 Å². The van der Waals surface area contributed by atoms with Crippen LogP contribution in [-0.2, 0) is 13.1 Å². The van der Waals surface area contributed by atoms with E-state index in [0.717, 1.165) is 11.3 Å². The summed E-state index contributed by atoms with van der Waals surface area (Å²) in [6.07, 6.45) is 1.52. The Kier molecular flexibility index (Phi) is 4.85. The van der Waals surface area contributed by atoms with Crippen molar-refractivity contribution in [2.24, 2.45) is 0 Å². The van der Waals surface area contributed by atoms with Crippen molar-refractivity contribution in [2.75, 3.05) is 7.11 Å². The minimum absolute atomic E-state index is 0.106. The zero-order valence-corrected chi connectivity index (χ0v) is 15.1. The fraction of sp³-hybridized carbons (Fsp3) is 0.278. The zero-order valence-electron chi connectivity index (χ0n) is 14.3. The van der Waals surface area contributed by atoms with Gasteiger partial charge < -0.3 is 10.1 Å². The molecule has 0 bridgehead atoms. The lowest BCUT2D eigenvalue weighted by Gasteiger charge is -2.09. The highest BCUT2D eigenvalue weighted by Gasteiger charge is 2.19. The highest BCUT2D eigenvalue weighted by Crippen LogP contribution is 2.27. The number of benzene rings is 1. The molecule has 7 heteroatoms. The molecule has 0 fully saturated rings. The number of fused-ring (bicyclic) bond motifs is 1. The predicted octanol–water partition coefficient (Wildman–Crippen LogP) is 2.72. The lowest BCUT2D eigenvalue weighted by molar-refractivity contribution is 0.0954. The number of aromatic nitrogens is 2.